The molecule has 29 heavy (non-hydrogen) atoms. The number of nitro benzene ring substituents is 1. The van der Waals surface area contributed by atoms with E-state index in [4.69, 9.17) is 10.3 Å². The summed E-state index contributed by atoms with van der Waals surface area (Å²) in [6.07, 6.45) is 0. The number of benzene rings is 2. The van der Waals surface area contributed by atoms with Gasteiger partial charge in [-0.1, -0.05) is 18.2 Å². The average molecular weight is 393 g/mol. The molecule has 0 aliphatic heterocycles. The van der Waals surface area contributed by atoms with Gasteiger partial charge in [0.05, 0.1) is 16.2 Å². The summed E-state index contributed by atoms with van der Waals surface area (Å²) < 4.78 is 9.70. The number of nitrogens with two attached hydrogens (primary N) is 1. The minimum atomic E-state index is -0.491. The van der Waals surface area contributed by atoms with Crippen LogP contribution in [0.5, 0.6) is 0 Å². The Hall–Kier alpha value is -4.21. The van der Waals surface area contributed by atoms with Crippen LogP contribution in [0.2, 0.25) is 0 Å². The number of para-hydroxylation sites is 1. The Labute approximate surface area is 164 Å². The Kier molecular flexibility index (Phi) is 4.23. The first-order valence-corrected chi connectivity index (χ1v) is 8.67. The van der Waals surface area contributed by atoms with Crippen LogP contribution in [0.4, 0.5) is 11.6 Å². The Bertz CT molecular complexity index is 1270. The number of aromatic nitrogens is 4. The van der Waals surface area contributed by atoms with Crippen LogP contribution in [-0.2, 0) is 7.05 Å². The van der Waals surface area contributed by atoms with Gasteiger partial charge in [-0.15, -0.1) is 0 Å². The van der Waals surface area contributed by atoms with Crippen molar-refractivity contribution in [3.8, 4) is 22.6 Å². The molecule has 10 heteroatoms. The molecule has 146 valence electrons. The highest BCUT2D eigenvalue weighted by Crippen LogP contribution is 2.25. The van der Waals surface area contributed by atoms with Crippen LogP contribution in [0.3, 0.4) is 0 Å². The van der Waals surface area contributed by atoms with E-state index >= 15 is 0 Å². The summed E-state index contributed by atoms with van der Waals surface area (Å²) in [6.45, 7) is 1.79. The molecule has 0 amide bonds. The van der Waals surface area contributed by atoms with Gasteiger partial charge in [0.25, 0.3) is 5.69 Å². The second-order valence-electron chi connectivity index (χ2n) is 6.41. The van der Waals surface area contributed by atoms with Crippen molar-refractivity contribution in [1.29, 1.82) is 0 Å². The predicted octanol–water partition coefficient (Wildman–Crippen LogP) is 1.91. The molecule has 10 nitrogen and oxygen atoms in total. The number of nitrogens with zero attached hydrogens (tertiary/aromatic N) is 5. The second kappa shape index (κ2) is 6.75. The number of rotatable bonds is 4. The highest BCUT2D eigenvalue weighted by Gasteiger charge is 2.34. The normalized spacial score (nSPS) is 11.0. The van der Waals surface area contributed by atoms with Crippen LogP contribution >= 0.6 is 0 Å². The van der Waals surface area contributed by atoms with E-state index in [9.17, 15) is 14.9 Å². The lowest BCUT2D eigenvalue weighted by Gasteiger charge is -2.06. The zero-order chi connectivity index (χ0) is 20.7. The van der Waals surface area contributed by atoms with Crippen LogP contribution in [-0.4, -0.2) is 19.6 Å². The Balaban J connectivity index is 1.92. The zero-order valence-corrected chi connectivity index (χ0v) is 15.6. The predicted molar refractivity (Wildman–Crippen MR) is 104 cm³/mol. The lowest BCUT2D eigenvalue weighted by Crippen LogP contribution is -2.40. The van der Waals surface area contributed by atoms with Crippen LogP contribution in [0.25, 0.3) is 22.6 Å². The largest absolute Gasteiger partial charge is 0.362 e. The van der Waals surface area contributed by atoms with E-state index in [1.807, 2.05) is 30.3 Å². The summed E-state index contributed by atoms with van der Waals surface area (Å²) in [4.78, 5) is 23.7. The molecule has 4 aromatic rings. The molecule has 0 unspecified atom stereocenters. The molecule has 0 bridgehead atoms. The third-order valence-corrected chi connectivity index (χ3v) is 4.75. The summed E-state index contributed by atoms with van der Waals surface area (Å²) >= 11 is 0. The maximum Gasteiger partial charge on any atom is 0.346 e. The molecule has 2 aromatic heterocycles. The van der Waals surface area contributed by atoms with Gasteiger partial charge in [0.15, 0.2) is 0 Å². The van der Waals surface area contributed by atoms with Crippen molar-refractivity contribution in [2.24, 2.45) is 7.05 Å². The molecule has 0 fully saturated rings. The van der Waals surface area contributed by atoms with Crippen molar-refractivity contribution in [2.45, 2.75) is 6.92 Å². The fraction of sp³-hybridized carbons (Fsp3) is 0.105. The standard InChI is InChI=1S/C19H17N6O4/c1-12-16(19(26)24(22(12)2)14-6-4-3-5-7-14)23-17(18(20)29-21-23)13-8-10-15(11-9-13)25(27)28/h3-11H,20H2,1-2H3/q+1. The van der Waals surface area contributed by atoms with Gasteiger partial charge in [0.1, 0.15) is 5.69 Å². The van der Waals surface area contributed by atoms with Crippen LogP contribution in [0.1, 0.15) is 5.69 Å². The van der Waals surface area contributed by atoms with Gasteiger partial charge in [-0.25, -0.2) is 4.68 Å². The highest BCUT2D eigenvalue weighted by molar-refractivity contribution is 5.67. The third-order valence-electron chi connectivity index (χ3n) is 4.75. The van der Waals surface area contributed by atoms with Crippen molar-refractivity contribution < 1.29 is 14.1 Å². The maximum atomic E-state index is 13.3. The van der Waals surface area contributed by atoms with E-state index < -0.39 is 4.92 Å². The van der Waals surface area contributed by atoms with E-state index in [1.54, 1.807) is 18.7 Å². The summed E-state index contributed by atoms with van der Waals surface area (Å²) in [5.74, 6) is -0.00670. The number of hydrogen-bond acceptors (Lipinski definition) is 6. The van der Waals surface area contributed by atoms with E-state index in [0.717, 1.165) is 0 Å². The van der Waals surface area contributed by atoms with Gasteiger partial charge in [0.2, 0.25) is 5.27 Å². The van der Waals surface area contributed by atoms with Crippen molar-refractivity contribution in [2.75, 3.05) is 5.73 Å². The fourth-order valence-corrected chi connectivity index (χ4v) is 3.23. The Morgan fingerprint density at radius 1 is 1.14 bits per heavy atom. The molecule has 0 saturated carbocycles. The topological polar surface area (TPSA) is 126 Å². The first kappa shape index (κ1) is 18.2. The molecule has 2 N–H and O–H groups in total. The summed E-state index contributed by atoms with van der Waals surface area (Å²) in [7, 11) is 1.77. The quantitative estimate of drug-likeness (QED) is 0.321. The molecule has 0 aliphatic rings. The van der Waals surface area contributed by atoms with E-state index in [2.05, 4.69) is 5.27 Å². The van der Waals surface area contributed by atoms with Crippen molar-refractivity contribution >= 4 is 11.6 Å². The van der Waals surface area contributed by atoms with Crippen molar-refractivity contribution in [3.05, 3.63) is 80.8 Å². The van der Waals surface area contributed by atoms with Crippen LogP contribution in [0, 0.1) is 17.0 Å². The number of anilines is 1. The first-order valence-electron chi connectivity index (χ1n) is 8.67. The Morgan fingerprint density at radius 2 is 1.79 bits per heavy atom. The summed E-state index contributed by atoms with van der Waals surface area (Å²) in [6, 6.07) is 15.0. The molecule has 0 saturated heterocycles. The van der Waals surface area contributed by atoms with Crippen LogP contribution < -0.4 is 16.0 Å². The van der Waals surface area contributed by atoms with Crippen molar-refractivity contribution in [1.82, 2.24) is 14.6 Å². The fourth-order valence-electron chi connectivity index (χ4n) is 3.23. The lowest BCUT2D eigenvalue weighted by atomic mass is 10.1. The zero-order valence-electron chi connectivity index (χ0n) is 15.6. The minimum absolute atomic E-state index is 0.00670. The second-order valence-corrected chi connectivity index (χ2v) is 6.41. The molecule has 0 atom stereocenters. The molecular weight excluding hydrogens is 376 g/mol. The van der Waals surface area contributed by atoms with Gasteiger partial charge in [0, 0.05) is 23.9 Å². The van der Waals surface area contributed by atoms with E-state index in [-0.39, 0.29) is 22.8 Å². The first-order chi connectivity index (χ1) is 13.9. The van der Waals surface area contributed by atoms with E-state index in [0.29, 0.717) is 22.6 Å². The molecule has 2 heterocycles. The van der Waals surface area contributed by atoms with Crippen molar-refractivity contribution in [3.63, 3.8) is 0 Å². The molecule has 0 radical (unpaired) electrons. The number of hydrogen-bond donors (Lipinski definition) is 1. The number of non-ortho nitro benzene ring substituents is 1. The maximum absolute atomic E-state index is 13.3. The Morgan fingerprint density at radius 3 is 2.41 bits per heavy atom. The summed E-state index contributed by atoms with van der Waals surface area (Å²) in [5, 5.41) is 14.9. The van der Waals surface area contributed by atoms with Gasteiger partial charge in [-0.2, -0.15) is 0 Å². The minimum Gasteiger partial charge on any atom is -0.362 e. The van der Waals surface area contributed by atoms with E-state index in [1.165, 1.54) is 33.6 Å². The number of nitrogen functional groups attached to an aromatic ring is 1. The number of nitro groups is 1. The highest BCUT2D eigenvalue weighted by atomic mass is 16.6. The smallest absolute Gasteiger partial charge is 0.346 e. The molecule has 0 aliphatic carbocycles. The molecule has 4 rings (SSSR count). The van der Waals surface area contributed by atoms with Gasteiger partial charge >= 0.3 is 22.8 Å². The third kappa shape index (κ3) is 2.87. The molecular formula is C19H17N6O4+. The van der Waals surface area contributed by atoms with Gasteiger partial charge in [-0.3, -0.25) is 24.1 Å². The lowest BCUT2D eigenvalue weighted by molar-refractivity contribution is -0.661. The molecule has 2 aromatic carbocycles. The van der Waals surface area contributed by atoms with Gasteiger partial charge in [-0.05, 0) is 31.2 Å². The molecule has 0 spiro atoms. The van der Waals surface area contributed by atoms with Crippen LogP contribution in [0.15, 0.2) is 63.9 Å². The average Bonchev–Trinajstić information content (AvgIpc) is 3.19. The van der Waals surface area contributed by atoms with Gasteiger partial charge < -0.3 is 5.73 Å². The SMILES string of the molecule is Cc1c(-[n+]2noc(N)c2-c2ccc([N+](=O)[O-])cc2)c(=O)n(-c2ccccc2)n1C. The monoisotopic (exact) mass is 393 g/mol. The summed E-state index contributed by atoms with van der Waals surface area (Å²) in [5.41, 5.74) is 8.07.